The second-order valence-electron chi connectivity index (χ2n) is 4.56. The van der Waals surface area contributed by atoms with Gasteiger partial charge in [0, 0.05) is 17.9 Å². The topological polar surface area (TPSA) is 106 Å². The van der Waals surface area contributed by atoms with Crippen LogP contribution in [0.25, 0.3) is 0 Å². The Balaban J connectivity index is 1.75. The molecule has 0 radical (unpaired) electrons. The molecule has 2 aromatic rings. The minimum absolute atomic E-state index is 0.0190. The van der Waals surface area contributed by atoms with Gasteiger partial charge in [0.1, 0.15) is 6.61 Å². The van der Waals surface area contributed by atoms with Crippen LogP contribution >= 0.6 is 11.6 Å². The predicted octanol–water partition coefficient (Wildman–Crippen LogP) is 1.21. The zero-order chi connectivity index (χ0) is 15.5. The van der Waals surface area contributed by atoms with Crippen LogP contribution < -0.4 is 16.0 Å². The van der Waals surface area contributed by atoms with Gasteiger partial charge in [0.2, 0.25) is 17.2 Å². The highest BCUT2D eigenvalue weighted by Crippen LogP contribution is 2.21. The molecule has 3 rings (SSSR count). The normalized spacial score (nSPS) is 15.0. The fourth-order valence-corrected chi connectivity index (χ4v) is 2.23. The number of aromatic nitrogens is 3. The molecule has 0 atom stereocenters. The molecule has 1 amide bonds. The Morgan fingerprint density at radius 1 is 1.23 bits per heavy atom. The fraction of sp³-hybridized carbons (Fsp3) is 0.231. The standard InChI is InChI=1S/C13H13ClN6O2/c14-11-17-12(15)19-13(18-11)16-8-1-3-9(4-2-8)20-5-6-22-7-10(20)21/h1-4H,5-7H2,(H3,15,16,17,18,19). The number of amides is 1. The molecule has 114 valence electrons. The number of nitrogens with one attached hydrogen (secondary N) is 1. The molecule has 3 N–H and O–H groups in total. The summed E-state index contributed by atoms with van der Waals surface area (Å²) in [6.45, 7) is 1.20. The van der Waals surface area contributed by atoms with Gasteiger partial charge in [-0.1, -0.05) is 0 Å². The summed E-state index contributed by atoms with van der Waals surface area (Å²) in [5.74, 6) is 0.245. The van der Waals surface area contributed by atoms with Gasteiger partial charge >= 0.3 is 0 Å². The molecule has 0 saturated carbocycles. The lowest BCUT2D eigenvalue weighted by Gasteiger charge is -2.26. The van der Waals surface area contributed by atoms with Crippen LogP contribution in [0.3, 0.4) is 0 Å². The van der Waals surface area contributed by atoms with Gasteiger partial charge in [-0.05, 0) is 35.9 Å². The summed E-state index contributed by atoms with van der Waals surface area (Å²) in [4.78, 5) is 25.0. The lowest BCUT2D eigenvalue weighted by molar-refractivity contribution is -0.125. The quantitative estimate of drug-likeness (QED) is 0.875. The average molecular weight is 321 g/mol. The van der Waals surface area contributed by atoms with Gasteiger partial charge in [-0.25, -0.2) is 0 Å². The zero-order valence-electron chi connectivity index (χ0n) is 11.5. The number of hydrogen-bond acceptors (Lipinski definition) is 7. The van der Waals surface area contributed by atoms with Crippen LogP contribution in [0.4, 0.5) is 23.3 Å². The summed E-state index contributed by atoms with van der Waals surface area (Å²) in [7, 11) is 0. The second kappa shape index (κ2) is 6.12. The number of halogens is 1. The Labute approximate surface area is 131 Å². The Morgan fingerprint density at radius 3 is 2.68 bits per heavy atom. The first-order valence-corrected chi connectivity index (χ1v) is 6.92. The maximum atomic E-state index is 11.8. The largest absolute Gasteiger partial charge is 0.370 e. The van der Waals surface area contributed by atoms with E-state index in [9.17, 15) is 4.79 Å². The number of carbonyl (C=O) groups excluding carboxylic acids is 1. The third-order valence-electron chi connectivity index (χ3n) is 3.05. The Morgan fingerprint density at radius 2 is 2.00 bits per heavy atom. The molecule has 8 nitrogen and oxygen atoms in total. The van der Waals surface area contributed by atoms with Crippen molar-refractivity contribution in [2.45, 2.75) is 0 Å². The van der Waals surface area contributed by atoms with Gasteiger partial charge in [-0.15, -0.1) is 0 Å². The number of nitrogens with zero attached hydrogens (tertiary/aromatic N) is 4. The van der Waals surface area contributed by atoms with E-state index in [0.717, 1.165) is 11.4 Å². The van der Waals surface area contributed by atoms with E-state index in [1.165, 1.54) is 0 Å². The van der Waals surface area contributed by atoms with E-state index in [0.29, 0.717) is 13.2 Å². The van der Waals surface area contributed by atoms with Gasteiger partial charge in [0.15, 0.2) is 0 Å². The van der Waals surface area contributed by atoms with Crippen LogP contribution in [0, 0.1) is 0 Å². The first-order chi connectivity index (χ1) is 10.6. The van der Waals surface area contributed by atoms with Gasteiger partial charge in [-0.3, -0.25) is 4.79 Å². The van der Waals surface area contributed by atoms with E-state index < -0.39 is 0 Å². The molecule has 1 saturated heterocycles. The van der Waals surface area contributed by atoms with E-state index in [1.54, 1.807) is 4.90 Å². The molecule has 1 fully saturated rings. The van der Waals surface area contributed by atoms with Gasteiger partial charge < -0.3 is 20.7 Å². The molecule has 1 aliphatic heterocycles. The number of nitrogens with two attached hydrogens (primary N) is 1. The van der Waals surface area contributed by atoms with Crippen LogP contribution in [0.1, 0.15) is 0 Å². The first kappa shape index (κ1) is 14.5. The third kappa shape index (κ3) is 3.23. The Bertz CT molecular complexity index is 673. The molecular weight excluding hydrogens is 308 g/mol. The Kier molecular flexibility index (Phi) is 4.03. The molecular formula is C13H13ClN6O2. The summed E-state index contributed by atoms with van der Waals surface area (Å²) in [5, 5.41) is 2.99. The molecule has 1 aromatic carbocycles. The minimum atomic E-state index is -0.0519. The number of benzene rings is 1. The van der Waals surface area contributed by atoms with Crippen molar-refractivity contribution >= 4 is 40.8 Å². The number of rotatable bonds is 3. The minimum Gasteiger partial charge on any atom is -0.370 e. The number of hydrogen-bond donors (Lipinski definition) is 2. The fourth-order valence-electron chi connectivity index (χ4n) is 2.07. The molecule has 22 heavy (non-hydrogen) atoms. The van der Waals surface area contributed by atoms with Gasteiger partial charge in [-0.2, -0.15) is 15.0 Å². The lowest BCUT2D eigenvalue weighted by atomic mass is 10.2. The number of ether oxygens (including phenoxy) is 1. The van der Waals surface area contributed by atoms with Gasteiger partial charge in [0.05, 0.1) is 6.61 Å². The monoisotopic (exact) mass is 320 g/mol. The number of nitrogen functional groups attached to an aromatic ring is 1. The van der Waals surface area contributed by atoms with E-state index in [2.05, 4.69) is 20.3 Å². The van der Waals surface area contributed by atoms with Crippen LogP contribution in [-0.2, 0) is 9.53 Å². The maximum Gasteiger partial charge on any atom is 0.253 e. The van der Waals surface area contributed by atoms with Crippen molar-refractivity contribution in [3.05, 3.63) is 29.5 Å². The summed E-state index contributed by atoms with van der Waals surface area (Å²) < 4.78 is 5.11. The van der Waals surface area contributed by atoms with Crippen molar-refractivity contribution in [1.82, 2.24) is 15.0 Å². The number of carbonyl (C=O) groups is 1. The molecule has 0 unspecified atom stereocenters. The van der Waals surface area contributed by atoms with Crippen LogP contribution in [0.15, 0.2) is 24.3 Å². The second-order valence-corrected chi connectivity index (χ2v) is 4.89. The highest BCUT2D eigenvalue weighted by Gasteiger charge is 2.19. The summed E-state index contributed by atoms with van der Waals surface area (Å²) >= 11 is 5.72. The van der Waals surface area contributed by atoms with E-state index >= 15 is 0 Å². The first-order valence-electron chi connectivity index (χ1n) is 6.54. The molecule has 9 heteroatoms. The molecule has 0 spiro atoms. The summed E-state index contributed by atoms with van der Waals surface area (Å²) in [5.41, 5.74) is 7.06. The molecule has 2 heterocycles. The smallest absolute Gasteiger partial charge is 0.253 e. The summed E-state index contributed by atoms with van der Waals surface area (Å²) in [6.07, 6.45) is 0. The van der Waals surface area contributed by atoms with Crippen LogP contribution in [-0.4, -0.2) is 40.6 Å². The van der Waals surface area contributed by atoms with Crippen LogP contribution in [0.5, 0.6) is 0 Å². The zero-order valence-corrected chi connectivity index (χ0v) is 12.2. The molecule has 1 aromatic heterocycles. The van der Waals surface area contributed by atoms with Crippen molar-refractivity contribution in [2.24, 2.45) is 0 Å². The highest BCUT2D eigenvalue weighted by molar-refractivity contribution is 6.28. The molecule has 1 aliphatic rings. The highest BCUT2D eigenvalue weighted by atomic mass is 35.5. The predicted molar refractivity (Wildman–Crippen MR) is 82.1 cm³/mol. The van der Waals surface area contributed by atoms with E-state index in [1.807, 2.05) is 24.3 Å². The van der Waals surface area contributed by atoms with Crippen molar-refractivity contribution < 1.29 is 9.53 Å². The average Bonchev–Trinajstić information content (AvgIpc) is 2.48. The maximum absolute atomic E-state index is 11.8. The van der Waals surface area contributed by atoms with Crippen molar-refractivity contribution in [3.63, 3.8) is 0 Å². The molecule has 0 bridgehead atoms. The SMILES string of the molecule is Nc1nc(Cl)nc(Nc2ccc(N3CCOCC3=O)cc2)n1. The summed E-state index contributed by atoms with van der Waals surface area (Å²) in [6, 6.07) is 7.29. The van der Waals surface area contributed by atoms with Crippen molar-refractivity contribution in [3.8, 4) is 0 Å². The number of anilines is 4. The van der Waals surface area contributed by atoms with Gasteiger partial charge in [0.25, 0.3) is 5.91 Å². The number of morpholine rings is 1. The van der Waals surface area contributed by atoms with E-state index in [4.69, 9.17) is 22.1 Å². The Hall–Kier alpha value is -2.45. The third-order valence-corrected chi connectivity index (χ3v) is 3.22. The van der Waals surface area contributed by atoms with Crippen molar-refractivity contribution in [2.75, 3.05) is 35.7 Å². The van der Waals surface area contributed by atoms with Crippen LogP contribution in [0.2, 0.25) is 5.28 Å². The lowest BCUT2D eigenvalue weighted by Crippen LogP contribution is -2.41. The molecule has 0 aliphatic carbocycles. The van der Waals surface area contributed by atoms with Crippen molar-refractivity contribution in [1.29, 1.82) is 0 Å². The van der Waals surface area contributed by atoms with E-state index in [-0.39, 0.29) is 29.7 Å².